The van der Waals surface area contributed by atoms with Crippen LogP contribution in [0, 0.1) is 0 Å². The van der Waals surface area contributed by atoms with Gasteiger partial charge >= 0.3 is 6.03 Å². The van der Waals surface area contributed by atoms with Gasteiger partial charge in [0, 0.05) is 61.2 Å². The van der Waals surface area contributed by atoms with Gasteiger partial charge in [-0.25, -0.2) is 4.79 Å². The highest BCUT2D eigenvalue weighted by Crippen LogP contribution is 2.48. The molecule has 0 aliphatic carbocycles. The standard InChI is InChI=1S/C25H29N5O4/c1-3-8-27-24(33)30-15-25(13-29(14-25)23(32)16-5-4-9-26-11-16)21-18-7-6-17(34-2)10-19(18)28-22(21)20(30)12-31/h4-7,9-11,20,28,31H,3,8,12-15H2,1-2H3,(H,27,33)/t20-/m0/s1. The van der Waals surface area contributed by atoms with Crippen LogP contribution in [0.15, 0.2) is 42.7 Å². The quantitative estimate of drug-likeness (QED) is 0.538. The number of aromatic nitrogens is 2. The number of fused-ring (bicyclic) bond motifs is 4. The lowest BCUT2D eigenvalue weighted by Crippen LogP contribution is -2.68. The number of hydrogen-bond acceptors (Lipinski definition) is 5. The number of hydrogen-bond donors (Lipinski definition) is 3. The Kier molecular flexibility index (Phi) is 5.65. The molecule has 0 radical (unpaired) electrons. The fourth-order valence-corrected chi connectivity index (χ4v) is 5.31. The maximum Gasteiger partial charge on any atom is 0.318 e. The Hall–Kier alpha value is -3.59. The molecule has 0 unspecified atom stereocenters. The third kappa shape index (κ3) is 3.47. The molecule has 1 aromatic carbocycles. The molecule has 2 aromatic heterocycles. The summed E-state index contributed by atoms with van der Waals surface area (Å²) in [5.41, 5.74) is 2.88. The third-order valence-corrected chi connectivity index (χ3v) is 6.89. The Morgan fingerprint density at radius 2 is 2.12 bits per heavy atom. The van der Waals surface area contributed by atoms with E-state index < -0.39 is 11.5 Å². The molecular weight excluding hydrogens is 434 g/mol. The Balaban J connectivity index is 1.56. The molecule has 1 spiro atoms. The van der Waals surface area contributed by atoms with E-state index >= 15 is 0 Å². The van der Waals surface area contributed by atoms with Crippen molar-refractivity contribution in [3.05, 3.63) is 59.5 Å². The van der Waals surface area contributed by atoms with Crippen molar-refractivity contribution >= 4 is 22.8 Å². The number of aliphatic hydroxyl groups is 1. The van der Waals surface area contributed by atoms with Gasteiger partial charge in [-0.3, -0.25) is 9.78 Å². The minimum Gasteiger partial charge on any atom is -0.497 e. The number of aliphatic hydroxyl groups excluding tert-OH is 1. The van der Waals surface area contributed by atoms with Gasteiger partial charge in [-0.15, -0.1) is 0 Å². The second-order valence-corrected chi connectivity index (χ2v) is 9.07. The molecule has 178 valence electrons. The lowest BCUT2D eigenvalue weighted by Gasteiger charge is -2.56. The Bertz CT molecular complexity index is 1220. The number of ether oxygens (including phenoxy) is 1. The van der Waals surface area contributed by atoms with Crippen LogP contribution >= 0.6 is 0 Å². The number of aromatic amines is 1. The summed E-state index contributed by atoms with van der Waals surface area (Å²) in [6.07, 6.45) is 4.03. The van der Waals surface area contributed by atoms with Crippen LogP contribution < -0.4 is 10.1 Å². The smallest absolute Gasteiger partial charge is 0.318 e. The van der Waals surface area contributed by atoms with Gasteiger partial charge in [0.05, 0.1) is 30.7 Å². The van der Waals surface area contributed by atoms with Gasteiger partial charge in [0.2, 0.25) is 0 Å². The molecule has 4 heterocycles. The van der Waals surface area contributed by atoms with E-state index in [1.807, 2.05) is 25.1 Å². The van der Waals surface area contributed by atoms with Crippen molar-refractivity contribution in [3.8, 4) is 5.75 Å². The summed E-state index contributed by atoms with van der Waals surface area (Å²) in [6, 6.07) is 8.65. The SMILES string of the molecule is CCCNC(=O)N1CC2(CN(C(=O)c3cccnc3)C2)c2c([nH]c3cc(OC)ccc23)[C@@H]1CO. The molecule has 1 atom stereocenters. The minimum atomic E-state index is -0.501. The topological polar surface area (TPSA) is 111 Å². The van der Waals surface area contributed by atoms with E-state index in [-0.39, 0.29) is 18.5 Å². The molecule has 2 aliphatic rings. The van der Waals surface area contributed by atoms with Crippen LogP contribution in [-0.4, -0.2) is 76.7 Å². The number of rotatable bonds is 5. The molecule has 1 saturated heterocycles. The zero-order chi connectivity index (χ0) is 23.9. The van der Waals surface area contributed by atoms with Gasteiger partial charge in [-0.1, -0.05) is 6.92 Å². The summed E-state index contributed by atoms with van der Waals surface area (Å²) in [4.78, 5) is 37.2. The highest BCUT2D eigenvalue weighted by molar-refractivity contribution is 5.96. The van der Waals surface area contributed by atoms with Crippen molar-refractivity contribution in [2.75, 3.05) is 39.9 Å². The highest BCUT2D eigenvalue weighted by atomic mass is 16.5. The minimum absolute atomic E-state index is 0.0759. The summed E-state index contributed by atoms with van der Waals surface area (Å²) in [5.74, 6) is 0.647. The molecule has 3 N–H and O–H groups in total. The van der Waals surface area contributed by atoms with E-state index in [9.17, 15) is 14.7 Å². The second kappa shape index (κ2) is 8.64. The number of nitrogens with one attached hydrogen (secondary N) is 2. The van der Waals surface area contributed by atoms with E-state index in [2.05, 4.69) is 15.3 Å². The number of carbonyl (C=O) groups excluding carboxylic acids is 2. The van der Waals surface area contributed by atoms with Crippen LogP contribution in [-0.2, 0) is 5.41 Å². The first-order chi connectivity index (χ1) is 16.5. The first-order valence-electron chi connectivity index (χ1n) is 11.6. The van der Waals surface area contributed by atoms with Crippen molar-refractivity contribution in [1.29, 1.82) is 0 Å². The fraction of sp³-hybridized carbons (Fsp3) is 0.400. The van der Waals surface area contributed by atoms with Crippen molar-refractivity contribution < 1.29 is 19.4 Å². The number of amides is 3. The number of benzene rings is 1. The van der Waals surface area contributed by atoms with Crippen molar-refractivity contribution in [1.82, 2.24) is 25.1 Å². The van der Waals surface area contributed by atoms with E-state index in [0.717, 1.165) is 34.3 Å². The van der Waals surface area contributed by atoms with Gasteiger partial charge in [0.15, 0.2) is 0 Å². The number of nitrogens with zero attached hydrogens (tertiary/aromatic N) is 3. The summed E-state index contributed by atoms with van der Waals surface area (Å²) in [6.45, 7) is 3.72. The van der Waals surface area contributed by atoms with Crippen LogP contribution in [0.3, 0.4) is 0 Å². The number of urea groups is 1. The molecule has 2 aliphatic heterocycles. The Morgan fingerprint density at radius 1 is 1.29 bits per heavy atom. The average Bonchev–Trinajstić information content (AvgIpc) is 3.24. The predicted octanol–water partition coefficient (Wildman–Crippen LogP) is 2.43. The molecule has 9 nitrogen and oxygen atoms in total. The number of methoxy groups -OCH3 is 1. The maximum absolute atomic E-state index is 13.1. The molecule has 3 aromatic rings. The molecule has 34 heavy (non-hydrogen) atoms. The molecule has 1 fully saturated rings. The number of pyridine rings is 1. The maximum atomic E-state index is 13.1. The number of likely N-dealkylation sites (tertiary alicyclic amines) is 1. The first kappa shape index (κ1) is 22.2. The molecule has 0 saturated carbocycles. The first-order valence-corrected chi connectivity index (χ1v) is 11.6. The average molecular weight is 464 g/mol. The van der Waals surface area contributed by atoms with Crippen LogP contribution in [0.4, 0.5) is 4.79 Å². The summed E-state index contributed by atoms with van der Waals surface area (Å²) in [7, 11) is 1.62. The largest absolute Gasteiger partial charge is 0.497 e. The van der Waals surface area contributed by atoms with E-state index in [1.54, 1.807) is 41.4 Å². The summed E-state index contributed by atoms with van der Waals surface area (Å²) < 4.78 is 5.40. The predicted molar refractivity (Wildman–Crippen MR) is 127 cm³/mol. The highest BCUT2D eigenvalue weighted by Gasteiger charge is 2.55. The lowest BCUT2D eigenvalue weighted by molar-refractivity contribution is 0.0121. The zero-order valence-electron chi connectivity index (χ0n) is 19.4. The monoisotopic (exact) mass is 463 g/mol. The van der Waals surface area contributed by atoms with Gasteiger partial charge in [-0.2, -0.15) is 0 Å². The van der Waals surface area contributed by atoms with Crippen LogP contribution in [0.25, 0.3) is 10.9 Å². The van der Waals surface area contributed by atoms with Crippen molar-refractivity contribution in [2.24, 2.45) is 0 Å². The van der Waals surface area contributed by atoms with Gasteiger partial charge < -0.3 is 29.9 Å². The molecule has 3 amide bonds. The van der Waals surface area contributed by atoms with Crippen LogP contribution in [0.1, 0.15) is 41.0 Å². The normalized spacial score (nSPS) is 18.5. The Labute approximate surface area is 197 Å². The second-order valence-electron chi connectivity index (χ2n) is 9.07. The molecule has 9 heteroatoms. The zero-order valence-corrected chi connectivity index (χ0v) is 19.4. The van der Waals surface area contributed by atoms with Crippen LogP contribution in [0.5, 0.6) is 5.75 Å². The van der Waals surface area contributed by atoms with E-state index in [0.29, 0.717) is 31.7 Å². The molecule has 0 bridgehead atoms. The van der Waals surface area contributed by atoms with E-state index in [1.165, 1.54) is 0 Å². The molecular formula is C25H29N5O4. The van der Waals surface area contributed by atoms with Gasteiger partial charge in [0.1, 0.15) is 5.75 Å². The summed E-state index contributed by atoms with van der Waals surface area (Å²) >= 11 is 0. The van der Waals surface area contributed by atoms with Crippen molar-refractivity contribution in [2.45, 2.75) is 24.8 Å². The van der Waals surface area contributed by atoms with Crippen LogP contribution in [0.2, 0.25) is 0 Å². The Morgan fingerprint density at radius 3 is 2.79 bits per heavy atom. The third-order valence-electron chi connectivity index (χ3n) is 6.89. The molecule has 5 rings (SSSR count). The van der Waals surface area contributed by atoms with E-state index in [4.69, 9.17) is 4.74 Å². The summed E-state index contributed by atoms with van der Waals surface area (Å²) in [5, 5.41) is 14.3. The lowest BCUT2D eigenvalue weighted by atomic mass is 9.68. The fourth-order valence-electron chi connectivity index (χ4n) is 5.31. The number of H-pyrrole nitrogens is 1. The number of carbonyl (C=O) groups is 2. The van der Waals surface area contributed by atoms with Gasteiger partial charge in [0.25, 0.3) is 5.91 Å². The van der Waals surface area contributed by atoms with Gasteiger partial charge in [-0.05, 0) is 36.2 Å². The van der Waals surface area contributed by atoms with Crippen molar-refractivity contribution in [3.63, 3.8) is 0 Å².